The molecule has 0 unspecified atom stereocenters. The highest BCUT2D eigenvalue weighted by Gasteiger charge is 2.08. The number of nitrogens with one attached hydrogen (secondary N) is 1. The van der Waals surface area contributed by atoms with Crippen LogP contribution in [0.15, 0.2) is 54.1 Å². The lowest BCUT2D eigenvalue weighted by Gasteiger charge is -2.08. The van der Waals surface area contributed by atoms with Gasteiger partial charge in [-0.05, 0) is 28.8 Å². The van der Waals surface area contributed by atoms with Gasteiger partial charge in [0.05, 0.1) is 6.33 Å². The van der Waals surface area contributed by atoms with Crippen molar-refractivity contribution in [1.82, 2.24) is 19.9 Å². The molecule has 22 heavy (non-hydrogen) atoms. The van der Waals surface area contributed by atoms with Crippen LogP contribution in [0.3, 0.4) is 0 Å². The maximum atomic E-state index is 4.37. The quantitative estimate of drug-likeness (QED) is 0.457. The largest absolute Gasteiger partial charge is 0.341 e. The molecule has 4 aromatic rings. The summed E-state index contributed by atoms with van der Waals surface area (Å²) in [7, 11) is 0. The van der Waals surface area contributed by atoms with Crippen molar-refractivity contribution in [2.75, 3.05) is 0 Å². The second-order valence-electron chi connectivity index (χ2n) is 5.16. The normalized spacial score (nSPS) is 11.3. The molecule has 5 heteroatoms. The van der Waals surface area contributed by atoms with Crippen molar-refractivity contribution in [3.8, 4) is 0 Å². The van der Waals surface area contributed by atoms with Gasteiger partial charge in [-0.1, -0.05) is 48.2 Å². The molecule has 0 saturated heterocycles. The zero-order valence-corrected chi connectivity index (χ0v) is 12.9. The standard InChI is InChI=1S/C17H14N4S/c1-11-6-7-12(14-5-3-2-4-13(11)14)8-22-17-15-16(19-9-18-15)20-10-21-17/h2-7,9-10H,8H2,1H3,(H,18,19,20,21). The Hall–Kier alpha value is -2.40. The lowest BCUT2D eigenvalue weighted by Crippen LogP contribution is -1.89. The van der Waals surface area contributed by atoms with Gasteiger partial charge in [0.1, 0.15) is 16.9 Å². The van der Waals surface area contributed by atoms with Gasteiger partial charge in [-0.3, -0.25) is 0 Å². The highest BCUT2D eigenvalue weighted by molar-refractivity contribution is 7.98. The number of aromatic amines is 1. The van der Waals surface area contributed by atoms with Gasteiger partial charge in [-0.25, -0.2) is 15.0 Å². The van der Waals surface area contributed by atoms with Crippen molar-refractivity contribution in [3.05, 3.63) is 60.2 Å². The zero-order valence-electron chi connectivity index (χ0n) is 12.1. The van der Waals surface area contributed by atoms with Crippen molar-refractivity contribution in [3.63, 3.8) is 0 Å². The molecule has 4 nitrogen and oxygen atoms in total. The highest BCUT2D eigenvalue weighted by Crippen LogP contribution is 2.30. The fourth-order valence-electron chi connectivity index (χ4n) is 2.64. The lowest BCUT2D eigenvalue weighted by molar-refractivity contribution is 1.08. The number of H-pyrrole nitrogens is 1. The number of fused-ring (bicyclic) bond motifs is 2. The number of benzene rings is 2. The first-order chi connectivity index (χ1) is 10.8. The molecule has 1 N–H and O–H groups in total. The zero-order chi connectivity index (χ0) is 14.9. The Labute approximate surface area is 132 Å². The first kappa shape index (κ1) is 13.3. The summed E-state index contributed by atoms with van der Waals surface area (Å²) in [6, 6.07) is 12.9. The number of nitrogens with zero attached hydrogens (tertiary/aromatic N) is 3. The average molecular weight is 306 g/mol. The molecule has 108 valence electrons. The third kappa shape index (κ3) is 2.23. The number of thioether (sulfide) groups is 1. The smallest absolute Gasteiger partial charge is 0.181 e. The number of hydrogen-bond donors (Lipinski definition) is 1. The third-order valence-corrected chi connectivity index (χ3v) is 4.82. The van der Waals surface area contributed by atoms with Crippen molar-refractivity contribution in [2.45, 2.75) is 17.7 Å². The van der Waals surface area contributed by atoms with E-state index in [0.29, 0.717) is 5.65 Å². The summed E-state index contributed by atoms with van der Waals surface area (Å²) >= 11 is 1.71. The van der Waals surface area contributed by atoms with Crippen molar-refractivity contribution in [2.24, 2.45) is 0 Å². The van der Waals surface area contributed by atoms with Crippen molar-refractivity contribution >= 4 is 33.7 Å². The Morgan fingerprint density at radius 3 is 2.77 bits per heavy atom. The second kappa shape index (κ2) is 5.42. The van der Waals surface area contributed by atoms with Crippen molar-refractivity contribution < 1.29 is 0 Å². The van der Waals surface area contributed by atoms with E-state index in [2.05, 4.69) is 63.3 Å². The molecule has 0 saturated carbocycles. The van der Waals surface area contributed by atoms with Crippen molar-refractivity contribution in [1.29, 1.82) is 0 Å². The van der Waals surface area contributed by atoms with Gasteiger partial charge in [0.25, 0.3) is 0 Å². The van der Waals surface area contributed by atoms with E-state index in [0.717, 1.165) is 16.3 Å². The minimum absolute atomic E-state index is 0.714. The average Bonchev–Trinajstić information content (AvgIpc) is 3.04. The van der Waals surface area contributed by atoms with Crippen LogP contribution in [0.5, 0.6) is 0 Å². The van der Waals surface area contributed by atoms with E-state index in [1.165, 1.54) is 21.9 Å². The minimum atomic E-state index is 0.714. The summed E-state index contributed by atoms with van der Waals surface area (Å²) in [5.74, 6) is 0.867. The van der Waals surface area contributed by atoms with Gasteiger partial charge in [0.2, 0.25) is 0 Å². The van der Waals surface area contributed by atoms with E-state index >= 15 is 0 Å². The molecule has 2 heterocycles. The fraction of sp³-hybridized carbons (Fsp3) is 0.118. The molecule has 4 rings (SSSR count). The number of hydrogen-bond acceptors (Lipinski definition) is 4. The Bertz CT molecular complexity index is 961. The molecule has 0 radical (unpaired) electrons. The van der Waals surface area contributed by atoms with Gasteiger partial charge < -0.3 is 4.98 Å². The minimum Gasteiger partial charge on any atom is -0.341 e. The van der Waals surface area contributed by atoms with E-state index in [1.807, 2.05) is 0 Å². The molecule has 0 bridgehead atoms. The van der Waals surface area contributed by atoms with Gasteiger partial charge in [0.15, 0.2) is 5.65 Å². The van der Waals surface area contributed by atoms with Gasteiger partial charge in [-0.2, -0.15) is 0 Å². The Morgan fingerprint density at radius 1 is 1.00 bits per heavy atom. The summed E-state index contributed by atoms with van der Waals surface area (Å²) in [5, 5.41) is 3.56. The predicted molar refractivity (Wildman–Crippen MR) is 89.9 cm³/mol. The molecule has 0 atom stereocenters. The molecule has 0 aliphatic carbocycles. The summed E-state index contributed by atoms with van der Waals surface area (Å²) in [5.41, 5.74) is 4.25. The Kier molecular flexibility index (Phi) is 3.27. The summed E-state index contributed by atoms with van der Waals surface area (Å²) in [4.78, 5) is 15.8. The van der Waals surface area contributed by atoms with E-state index < -0.39 is 0 Å². The first-order valence-electron chi connectivity index (χ1n) is 7.07. The Morgan fingerprint density at radius 2 is 1.86 bits per heavy atom. The molecule has 2 aromatic carbocycles. The van der Waals surface area contributed by atoms with Gasteiger partial charge in [0, 0.05) is 5.75 Å². The van der Waals surface area contributed by atoms with E-state index in [9.17, 15) is 0 Å². The van der Waals surface area contributed by atoms with Crippen LogP contribution in [-0.2, 0) is 5.75 Å². The van der Waals surface area contributed by atoms with Gasteiger partial charge >= 0.3 is 0 Å². The predicted octanol–water partition coefficient (Wildman–Crippen LogP) is 4.11. The SMILES string of the molecule is Cc1ccc(CSc2ncnc3nc[nH]c23)c2ccccc12. The number of imidazole rings is 1. The highest BCUT2D eigenvalue weighted by atomic mass is 32.2. The molecule has 0 fully saturated rings. The molecule has 0 aliphatic heterocycles. The van der Waals surface area contributed by atoms with Crippen LogP contribution < -0.4 is 0 Å². The van der Waals surface area contributed by atoms with Gasteiger partial charge in [-0.15, -0.1) is 0 Å². The fourth-order valence-corrected chi connectivity index (χ4v) is 3.60. The monoisotopic (exact) mass is 306 g/mol. The molecular formula is C17H14N4S. The summed E-state index contributed by atoms with van der Waals surface area (Å²) in [6.45, 7) is 2.15. The lowest BCUT2D eigenvalue weighted by atomic mass is 10.0. The van der Waals surface area contributed by atoms with Crippen LogP contribution in [0.2, 0.25) is 0 Å². The second-order valence-corrected chi connectivity index (χ2v) is 6.12. The van der Waals surface area contributed by atoms with E-state index in [1.54, 1.807) is 24.4 Å². The van der Waals surface area contributed by atoms with Crippen LogP contribution in [0.4, 0.5) is 0 Å². The van der Waals surface area contributed by atoms with Crippen LogP contribution in [0.25, 0.3) is 21.9 Å². The topological polar surface area (TPSA) is 54.5 Å². The molecule has 0 spiro atoms. The summed E-state index contributed by atoms with van der Waals surface area (Å²) < 4.78 is 0. The molecular weight excluding hydrogens is 292 g/mol. The van der Waals surface area contributed by atoms with Crippen LogP contribution in [0, 0.1) is 6.92 Å². The number of aromatic nitrogens is 4. The van der Waals surface area contributed by atoms with E-state index in [4.69, 9.17) is 0 Å². The summed E-state index contributed by atoms with van der Waals surface area (Å²) in [6.07, 6.45) is 3.23. The van der Waals surface area contributed by atoms with Crippen LogP contribution in [-0.4, -0.2) is 19.9 Å². The molecule has 0 aliphatic rings. The third-order valence-electron chi connectivity index (χ3n) is 3.78. The maximum absolute atomic E-state index is 4.37. The van der Waals surface area contributed by atoms with Crippen LogP contribution in [0.1, 0.15) is 11.1 Å². The number of rotatable bonds is 3. The van der Waals surface area contributed by atoms with Crippen LogP contribution >= 0.6 is 11.8 Å². The number of aryl methyl sites for hydroxylation is 1. The molecule has 2 aromatic heterocycles. The maximum Gasteiger partial charge on any atom is 0.181 e. The van der Waals surface area contributed by atoms with E-state index in [-0.39, 0.29) is 0 Å². The first-order valence-corrected chi connectivity index (χ1v) is 8.05. The Balaban J connectivity index is 1.70. The molecule has 0 amide bonds.